The molecule has 0 aromatic rings. The largest absolute Gasteiger partial charge is 0.465 e. The fourth-order valence-electron chi connectivity index (χ4n) is 3.05. The molecule has 1 aliphatic rings. The maximum atomic E-state index is 10.5. The van der Waals surface area contributed by atoms with Crippen LogP contribution in [0.25, 0.3) is 0 Å². The number of thioether (sulfide) groups is 1. The Morgan fingerprint density at radius 3 is 2.50 bits per heavy atom. The van der Waals surface area contributed by atoms with E-state index in [2.05, 4.69) is 35.9 Å². The monoisotopic (exact) mass is 330 g/mol. The molecule has 0 unspecified atom stereocenters. The molecule has 0 heterocycles. The van der Waals surface area contributed by atoms with Gasteiger partial charge in [-0.15, -0.1) is 0 Å². The molecule has 0 radical (unpaired) electrons. The quantitative estimate of drug-likeness (QED) is 0.564. The first-order valence-electron chi connectivity index (χ1n) is 8.84. The number of carboxylic acid groups (broad SMARTS) is 1. The van der Waals surface area contributed by atoms with Crippen molar-refractivity contribution in [2.24, 2.45) is 11.8 Å². The van der Waals surface area contributed by atoms with Gasteiger partial charge in [0.15, 0.2) is 0 Å². The highest BCUT2D eigenvalue weighted by atomic mass is 32.2. The van der Waals surface area contributed by atoms with Gasteiger partial charge in [0.25, 0.3) is 0 Å². The van der Waals surface area contributed by atoms with Crippen molar-refractivity contribution in [1.29, 1.82) is 0 Å². The SMILES string of the molecule is CCCCCN(C)CCSCC1CCC(CNC(=O)O)CC1. The summed E-state index contributed by atoms with van der Waals surface area (Å²) in [7, 11) is 2.23. The van der Waals surface area contributed by atoms with E-state index in [1.807, 2.05) is 0 Å². The molecule has 1 amide bonds. The highest BCUT2D eigenvalue weighted by molar-refractivity contribution is 7.99. The van der Waals surface area contributed by atoms with Crippen molar-refractivity contribution >= 4 is 17.9 Å². The molecule has 0 spiro atoms. The maximum absolute atomic E-state index is 10.5. The molecule has 1 aliphatic carbocycles. The number of nitrogens with one attached hydrogen (secondary N) is 1. The van der Waals surface area contributed by atoms with Gasteiger partial charge in [0, 0.05) is 18.8 Å². The van der Waals surface area contributed by atoms with Gasteiger partial charge in [0.05, 0.1) is 0 Å². The lowest BCUT2D eigenvalue weighted by molar-refractivity contribution is 0.189. The van der Waals surface area contributed by atoms with Crippen LogP contribution < -0.4 is 5.32 Å². The molecule has 1 rings (SSSR count). The van der Waals surface area contributed by atoms with E-state index in [9.17, 15) is 4.79 Å². The van der Waals surface area contributed by atoms with E-state index < -0.39 is 6.09 Å². The number of unbranched alkanes of at least 4 members (excludes halogenated alkanes) is 2. The summed E-state index contributed by atoms with van der Waals surface area (Å²) < 4.78 is 0. The van der Waals surface area contributed by atoms with Gasteiger partial charge in [-0.05, 0) is 63.3 Å². The number of hydrogen-bond donors (Lipinski definition) is 2. The van der Waals surface area contributed by atoms with E-state index in [0.717, 1.165) is 5.92 Å². The Hall–Kier alpha value is -0.420. The number of carbonyl (C=O) groups is 1. The van der Waals surface area contributed by atoms with E-state index >= 15 is 0 Å². The van der Waals surface area contributed by atoms with Gasteiger partial charge >= 0.3 is 6.09 Å². The first kappa shape index (κ1) is 19.6. The molecular formula is C17H34N2O2S. The van der Waals surface area contributed by atoms with E-state index in [0.29, 0.717) is 12.5 Å². The molecule has 0 aliphatic heterocycles. The minimum absolute atomic E-state index is 0.557. The zero-order valence-electron chi connectivity index (χ0n) is 14.4. The van der Waals surface area contributed by atoms with Crippen LogP contribution in [0.3, 0.4) is 0 Å². The summed E-state index contributed by atoms with van der Waals surface area (Å²) in [5.41, 5.74) is 0. The van der Waals surface area contributed by atoms with Crippen molar-refractivity contribution in [3.05, 3.63) is 0 Å². The third kappa shape index (κ3) is 9.57. The lowest BCUT2D eigenvalue weighted by Gasteiger charge is -2.28. The lowest BCUT2D eigenvalue weighted by atomic mass is 9.83. The molecular weight excluding hydrogens is 296 g/mol. The summed E-state index contributed by atoms with van der Waals surface area (Å²) in [4.78, 5) is 13.0. The number of nitrogens with zero attached hydrogens (tertiary/aromatic N) is 1. The van der Waals surface area contributed by atoms with Crippen LogP contribution in [-0.2, 0) is 0 Å². The fourth-order valence-corrected chi connectivity index (χ4v) is 4.32. The second kappa shape index (κ2) is 12.1. The van der Waals surface area contributed by atoms with Gasteiger partial charge in [0.2, 0.25) is 0 Å². The molecule has 4 nitrogen and oxygen atoms in total. The minimum atomic E-state index is -0.888. The van der Waals surface area contributed by atoms with Crippen LogP contribution in [0.15, 0.2) is 0 Å². The molecule has 130 valence electrons. The summed E-state index contributed by atoms with van der Waals surface area (Å²) in [6.45, 7) is 5.32. The topological polar surface area (TPSA) is 52.6 Å². The smallest absolute Gasteiger partial charge is 0.404 e. The molecule has 1 fully saturated rings. The standard InChI is InChI=1S/C17H34N2O2S/c1-3-4-5-10-19(2)11-12-22-14-16-8-6-15(7-9-16)13-18-17(20)21/h15-16,18H,3-14H2,1-2H3,(H,20,21). The van der Waals surface area contributed by atoms with Crippen LogP contribution in [0.5, 0.6) is 0 Å². The first-order chi connectivity index (χ1) is 10.6. The van der Waals surface area contributed by atoms with Gasteiger partial charge in [-0.25, -0.2) is 4.79 Å². The highest BCUT2D eigenvalue weighted by Gasteiger charge is 2.21. The third-order valence-corrected chi connectivity index (χ3v) is 5.80. The third-order valence-electron chi connectivity index (χ3n) is 4.62. The van der Waals surface area contributed by atoms with E-state index in [4.69, 9.17) is 5.11 Å². The minimum Gasteiger partial charge on any atom is -0.465 e. The summed E-state index contributed by atoms with van der Waals surface area (Å²) in [6.07, 6.45) is 7.99. The van der Waals surface area contributed by atoms with Gasteiger partial charge in [0.1, 0.15) is 0 Å². The molecule has 2 N–H and O–H groups in total. The summed E-state index contributed by atoms with van der Waals surface area (Å²) >= 11 is 2.10. The van der Waals surface area contributed by atoms with Crippen LogP contribution in [0.4, 0.5) is 4.79 Å². The zero-order chi connectivity index (χ0) is 16.2. The molecule has 0 aromatic heterocycles. The van der Waals surface area contributed by atoms with Crippen LogP contribution >= 0.6 is 11.8 Å². The van der Waals surface area contributed by atoms with Crippen LogP contribution in [0, 0.1) is 11.8 Å². The van der Waals surface area contributed by atoms with Gasteiger partial charge < -0.3 is 15.3 Å². The lowest BCUT2D eigenvalue weighted by Crippen LogP contribution is -2.30. The van der Waals surface area contributed by atoms with Crippen LogP contribution in [0.2, 0.25) is 0 Å². The van der Waals surface area contributed by atoms with Crippen molar-refractivity contribution in [2.45, 2.75) is 51.9 Å². The Morgan fingerprint density at radius 2 is 1.86 bits per heavy atom. The molecule has 0 aromatic carbocycles. The maximum Gasteiger partial charge on any atom is 0.404 e. The average molecular weight is 331 g/mol. The average Bonchev–Trinajstić information content (AvgIpc) is 2.51. The number of hydrogen-bond acceptors (Lipinski definition) is 3. The Labute approximate surface area is 140 Å². The molecule has 0 bridgehead atoms. The van der Waals surface area contributed by atoms with E-state index in [1.165, 1.54) is 69.5 Å². The normalized spacial score (nSPS) is 22.0. The molecule has 0 atom stereocenters. The number of rotatable bonds is 11. The van der Waals surface area contributed by atoms with Crippen molar-refractivity contribution in [2.75, 3.05) is 38.2 Å². The van der Waals surface area contributed by atoms with Crippen LogP contribution in [0.1, 0.15) is 51.9 Å². The Bertz CT molecular complexity index is 294. The summed E-state index contributed by atoms with van der Waals surface area (Å²) in [6, 6.07) is 0. The van der Waals surface area contributed by atoms with Crippen molar-refractivity contribution < 1.29 is 9.90 Å². The predicted molar refractivity (Wildman–Crippen MR) is 95.8 cm³/mol. The second-order valence-corrected chi connectivity index (χ2v) is 7.81. The highest BCUT2D eigenvalue weighted by Crippen LogP contribution is 2.30. The second-order valence-electron chi connectivity index (χ2n) is 6.66. The Morgan fingerprint density at radius 1 is 1.18 bits per heavy atom. The fraction of sp³-hybridized carbons (Fsp3) is 0.941. The molecule has 1 saturated carbocycles. The summed E-state index contributed by atoms with van der Waals surface area (Å²) in [5, 5.41) is 11.2. The van der Waals surface area contributed by atoms with Gasteiger partial charge in [-0.1, -0.05) is 19.8 Å². The van der Waals surface area contributed by atoms with Crippen molar-refractivity contribution in [3.63, 3.8) is 0 Å². The predicted octanol–water partition coefficient (Wildman–Crippen LogP) is 3.92. The van der Waals surface area contributed by atoms with Crippen molar-refractivity contribution in [1.82, 2.24) is 10.2 Å². The van der Waals surface area contributed by atoms with Gasteiger partial charge in [-0.2, -0.15) is 11.8 Å². The van der Waals surface area contributed by atoms with Gasteiger partial charge in [-0.3, -0.25) is 0 Å². The molecule has 5 heteroatoms. The Kier molecular flexibility index (Phi) is 10.8. The Balaban J connectivity index is 1.97. The molecule has 0 saturated heterocycles. The number of amides is 1. The van der Waals surface area contributed by atoms with Crippen LogP contribution in [-0.4, -0.2) is 54.3 Å². The van der Waals surface area contributed by atoms with E-state index in [1.54, 1.807) is 0 Å². The van der Waals surface area contributed by atoms with E-state index in [-0.39, 0.29) is 0 Å². The first-order valence-corrected chi connectivity index (χ1v) is 10.00. The van der Waals surface area contributed by atoms with Crippen molar-refractivity contribution in [3.8, 4) is 0 Å². The summed E-state index contributed by atoms with van der Waals surface area (Å²) in [5.74, 6) is 3.92. The zero-order valence-corrected chi connectivity index (χ0v) is 15.2. The molecule has 22 heavy (non-hydrogen) atoms.